The van der Waals surface area contributed by atoms with E-state index >= 15 is 0 Å². The maximum Gasteiger partial charge on any atom is 0.344 e. The van der Waals surface area contributed by atoms with E-state index in [4.69, 9.17) is 14.2 Å². The molecular formula is C16H23NO5. The van der Waals surface area contributed by atoms with Gasteiger partial charge in [-0.25, -0.2) is 4.79 Å². The van der Waals surface area contributed by atoms with Crippen LogP contribution in [0, 0.1) is 0 Å². The van der Waals surface area contributed by atoms with Gasteiger partial charge in [-0.15, -0.1) is 0 Å². The van der Waals surface area contributed by atoms with E-state index in [1.165, 1.54) is 0 Å². The van der Waals surface area contributed by atoms with Gasteiger partial charge >= 0.3 is 5.97 Å². The van der Waals surface area contributed by atoms with E-state index in [9.17, 15) is 9.59 Å². The summed E-state index contributed by atoms with van der Waals surface area (Å²) in [6.45, 7) is 7.13. The summed E-state index contributed by atoms with van der Waals surface area (Å²) in [5.74, 6) is 0.489. The van der Waals surface area contributed by atoms with Gasteiger partial charge in [-0.3, -0.25) is 4.79 Å². The fourth-order valence-electron chi connectivity index (χ4n) is 1.58. The zero-order chi connectivity index (χ0) is 16.5. The normalized spacial score (nSPS) is 10.5. The summed E-state index contributed by atoms with van der Waals surface area (Å²) in [6, 6.07) is 6.76. The van der Waals surface area contributed by atoms with Crippen LogP contribution < -0.4 is 14.8 Å². The van der Waals surface area contributed by atoms with Crippen LogP contribution in [0.1, 0.15) is 27.7 Å². The van der Waals surface area contributed by atoms with Crippen LogP contribution in [0.2, 0.25) is 0 Å². The van der Waals surface area contributed by atoms with E-state index < -0.39 is 5.97 Å². The van der Waals surface area contributed by atoms with Crippen LogP contribution >= 0.6 is 0 Å². The van der Waals surface area contributed by atoms with Crippen molar-refractivity contribution in [2.45, 2.75) is 39.8 Å². The van der Waals surface area contributed by atoms with E-state index in [1.807, 2.05) is 13.8 Å². The lowest BCUT2D eigenvalue weighted by atomic mass is 10.3. The molecule has 0 fully saturated rings. The molecule has 1 aromatic rings. The molecule has 0 saturated carbocycles. The Hall–Kier alpha value is -2.24. The van der Waals surface area contributed by atoms with Crippen molar-refractivity contribution in [3.8, 4) is 11.5 Å². The summed E-state index contributed by atoms with van der Waals surface area (Å²) in [5, 5.41) is 2.73. The minimum atomic E-state index is -0.416. The monoisotopic (exact) mass is 309 g/mol. The average molecular weight is 309 g/mol. The van der Waals surface area contributed by atoms with Gasteiger partial charge in [-0.1, -0.05) is 0 Å². The fraction of sp³-hybridized carbons (Fsp3) is 0.500. The minimum Gasteiger partial charge on any atom is -0.484 e. The Morgan fingerprint density at radius 1 is 0.955 bits per heavy atom. The quantitative estimate of drug-likeness (QED) is 0.743. The number of carbonyl (C=O) groups excluding carboxylic acids is 2. The first kappa shape index (κ1) is 17.8. The fourth-order valence-corrected chi connectivity index (χ4v) is 1.58. The van der Waals surface area contributed by atoms with Crippen molar-refractivity contribution in [1.82, 2.24) is 5.32 Å². The number of amides is 1. The van der Waals surface area contributed by atoms with E-state index in [-0.39, 0.29) is 31.3 Å². The van der Waals surface area contributed by atoms with E-state index in [2.05, 4.69) is 5.32 Å². The SMILES string of the molecule is CC(C)NC(=O)COc1ccc(OCC(=O)OC(C)C)cc1. The zero-order valence-electron chi connectivity index (χ0n) is 13.4. The van der Waals surface area contributed by atoms with Crippen molar-refractivity contribution in [1.29, 1.82) is 0 Å². The highest BCUT2D eigenvalue weighted by Gasteiger charge is 2.07. The third kappa shape index (κ3) is 7.52. The van der Waals surface area contributed by atoms with Gasteiger partial charge in [0.1, 0.15) is 11.5 Å². The highest BCUT2D eigenvalue weighted by molar-refractivity contribution is 5.77. The van der Waals surface area contributed by atoms with Gasteiger partial charge in [0.15, 0.2) is 13.2 Å². The van der Waals surface area contributed by atoms with E-state index in [0.717, 1.165) is 0 Å². The van der Waals surface area contributed by atoms with Crippen LogP contribution in [0.15, 0.2) is 24.3 Å². The second-order valence-corrected chi connectivity index (χ2v) is 5.31. The minimum absolute atomic E-state index is 0.0426. The van der Waals surface area contributed by atoms with Gasteiger partial charge in [-0.2, -0.15) is 0 Å². The van der Waals surface area contributed by atoms with Crippen molar-refractivity contribution < 1.29 is 23.8 Å². The van der Waals surface area contributed by atoms with Crippen LogP contribution in [-0.4, -0.2) is 37.2 Å². The predicted octanol–water partition coefficient (Wildman–Crippen LogP) is 1.92. The molecule has 0 aliphatic carbocycles. The van der Waals surface area contributed by atoms with Gasteiger partial charge in [0.25, 0.3) is 5.91 Å². The van der Waals surface area contributed by atoms with Gasteiger partial charge < -0.3 is 19.5 Å². The summed E-state index contributed by atoms with van der Waals surface area (Å²) < 4.78 is 15.6. The third-order valence-electron chi connectivity index (χ3n) is 2.37. The molecule has 0 saturated heterocycles. The van der Waals surface area contributed by atoms with Crippen molar-refractivity contribution >= 4 is 11.9 Å². The number of hydrogen-bond acceptors (Lipinski definition) is 5. The van der Waals surface area contributed by atoms with Gasteiger partial charge in [-0.05, 0) is 52.0 Å². The number of benzene rings is 1. The summed E-state index contributed by atoms with van der Waals surface area (Å²) in [4.78, 5) is 22.8. The first-order valence-corrected chi connectivity index (χ1v) is 7.21. The summed E-state index contributed by atoms with van der Waals surface area (Å²) >= 11 is 0. The molecular weight excluding hydrogens is 286 g/mol. The molecule has 0 aliphatic heterocycles. The molecule has 22 heavy (non-hydrogen) atoms. The molecule has 0 aromatic heterocycles. The number of nitrogens with one attached hydrogen (secondary N) is 1. The molecule has 1 aromatic carbocycles. The first-order valence-electron chi connectivity index (χ1n) is 7.21. The molecule has 1 amide bonds. The van der Waals surface area contributed by atoms with Crippen LogP contribution in [0.4, 0.5) is 0 Å². The number of carbonyl (C=O) groups is 2. The molecule has 0 heterocycles. The Kier molecular flexibility index (Phi) is 7.22. The summed E-state index contributed by atoms with van der Waals surface area (Å²) in [6.07, 6.45) is -0.163. The largest absolute Gasteiger partial charge is 0.484 e. The first-order chi connectivity index (χ1) is 10.4. The topological polar surface area (TPSA) is 73.9 Å². The van der Waals surface area contributed by atoms with Gasteiger partial charge in [0.05, 0.1) is 6.10 Å². The molecule has 0 atom stereocenters. The summed E-state index contributed by atoms with van der Waals surface area (Å²) in [7, 11) is 0. The molecule has 122 valence electrons. The van der Waals surface area contributed by atoms with Crippen molar-refractivity contribution in [3.63, 3.8) is 0 Å². The lowest BCUT2D eigenvalue weighted by Crippen LogP contribution is -2.34. The van der Waals surface area contributed by atoms with Crippen molar-refractivity contribution in [3.05, 3.63) is 24.3 Å². The lowest BCUT2D eigenvalue weighted by molar-refractivity contribution is -0.149. The Morgan fingerprint density at radius 3 is 1.91 bits per heavy atom. The van der Waals surface area contributed by atoms with E-state index in [0.29, 0.717) is 11.5 Å². The third-order valence-corrected chi connectivity index (χ3v) is 2.37. The Balaban J connectivity index is 2.36. The smallest absolute Gasteiger partial charge is 0.344 e. The highest BCUT2D eigenvalue weighted by Crippen LogP contribution is 2.17. The maximum absolute atomic E-state index is 11.4. The van der Waals surface area contributed by atoms with Crippen LogP contribution in [0.3, 0.4) is 0 Å². The molecule has 0 radical (unpaired) electrons. The Morgan fingerprint density at radius 2 is 1.45 bits per heavy atom. The average Bonchev–Trinajstić information content (AvgIpc) is 2.42. The van der Waals surface area contributed by atoms with Crippen molar-refractivity contribution in [2.24, 2.45) is 0 Å². The molecule has 1 rings (SSSR count). The molecule has 0 aliphatic rings. The molecule has 0 spiro atoms. The second kappa shape index (κ2) is 8.92. The lowest BCUT2D eigenvalue weighted by Gasteiger charge is -2.11. The predicted molar refractivity (Wildman–Crippen MR) is 81.9 cm³/mol. The summed E-state index contributed by atoms with van der Waals surface area (Å²) in [5.41, 5.74) is 0. The van der Waals surface area contributed by atoms with Crippen LogP contribution in [0.25, 0.3) is 0 Å². The Labute approximate surface area is 130 Å². The van der Waals surface area contributed by atoms with Crippen LogP contribution in [0.5, 0.6) is 11.5 Å². The Bertz CT molecular complexity index is 437. The molecule has 0 unspecified atom stereocenters. The standard InChI is InChI=1S/C16H23NO5/c1-11(2)17-15(18)9-20-13-5-7-14(8-6-13)21-10-16(19)22-12(3)4/h5-8,11-12H,9-10H2,1-4H3,(H,17,18). The van der Waals surface area contributed by atoms with Gasteiger partial charge in [0.2, 0.25) is 0 Å². The molecule has 6 heteroatoms. The molecule has 6 nitrogen and oxygen atoms in total. The van der Waals surface area contributed by atoms with E-state index in [1.54, 1.807) is 38.1 Å². The van der Waals surface area contributed by atoms with Crippen molar-refractivity contribution in [2.75, 3.05) is 13.2 Å². The maximum atomic E-state index is 11.4. The number of ether oxygens (including phenoxy) is 3. The second-order valence-electron chi connectivity index (χ2n) is 5.31. The zero-order valence-corrected chi connectivity index (χ0v) is 13.4. The molecule has 0 bridgehead atoms. The van der Waals surface area contributed by atoms with Gasteiger partial charge in [0, 0.05) is 6.04 Å². The molecule has 1 N–H and O–H groups in total. The highest BCUT2D eigenvalue weighted by atomic mass is 16.6. The number of rotatable bonds is 8. The van der Waals surface area contributed by atoms with Crippen LogP contribution in [-0.2, 0) is 14.3 Å². The number of hydrogen-bond donors (Lipinski definition) is 1. The number of esters is 1.